The summed E-state index contributed by atoms with van der Waals surface area (Å²) in [5.74, 6) is -0.0379. The van der Waals surface area contributed by atoms with Gasteiger partial charge in [-0.25, -0.2) is 4.39 Å². The van der Waals surface area contributed by atoms with Gasteiger partial charge in [-0.05, 0) is 86.4 Å². The summed E-state index contributed by atoms with van der Waals surface area (Å²) in [5.41, 5.74) is 5.23. The molecule has 2 unspecified atom stereocenters. The summed E-state index contributed by atoms with van der Waals surface area (Å²) in [6.45, 7) is 4.60. The van der Waals surface area contributed by atoms with Crippen molar-refractivity contribution in [3.05, 3.63) is 70.5 Å². The van der Waals surface area contributed by atoms with Crippen LogP contribution in [0.5, 0.6) is 0 Å². The molecule has 0 aromatic heterocycles. The van der Waals surface area contributed by atoms with Crippen molar-refractivity contribution in [2.75, 3.05) is 13.1 Å². The molecule has 0 bridgehead atoms. The van der Waals surface area contributed by atoms with Crippen LogP contribution in [-0.4, -0.2) is 23.9 Å². The number of fused-ring (bicyclic) bond motifs is 1. The van der Waals surface area contributed by atoms with Gasteiger partial charge in [-0.2, -0.15) is 0 Å². The Morgan fingerprint density at radius 2 is 1.86 bits per heavy atom. The SMILES string of the molecule is CC(NC(=O)C1CCCN(Cc2ccc(F)cc2)C1)c1ccc2c(c1)CCCC2. The third-order valence-electron chi connectivity index (χ3n) is 6.43. The summed E-state index contributed by atoms with van der Waals surface area (Å²) < 4.78 is 13.1. The number of nitrogens with zero attached hydrogens (tertiary/aromatic N) is 1. The van der Waals surface area contributed by atoms with Crippen molar-refractivity contribution in [3.8, 4) is 0 Å². The molecule has 1 aliphatic heterocycles. The van der Waals surface area contributed by atoms with Crippen LogP contribution in [0.25, 0.3) is 0 Å². The van der Waals surface area contributed by atoms with E-state index in [0.29, 0.717) is 0 Å². The number of likely N-dealkylation sites (tertiary alicyclic amines) is 1. The average Bonchev–Trinajstić information content (AvgIpc) is 2.75. The Hall–Kier alpha value is -2.20. The van der Waals surface area contributed by atoms with E-state index in [1.54, 1.807) is 0 Å². The Labute approximate surface area is 173 Å². The summed E-state index contributed by atoms with van der Waals surface area (Å²) in [4.78, 5) is 15.2. The normalized spacial score (nSPS) is 20.7. The minimum Gasteiger partial charge on any atom is -0.349 e. The molecule has 1 saturated heterocycles. The maximum Gasteiger partial charge on any atom is 0.224 e. The average molecular weight is 395 g/mol. The third kappa shape index (κ3) is 5.05. The maximum atomic E-state index is 13.1. The molecule has 2 aromatic rings. The molecule has 1 heterocycles. The molecular formula is C25H31FN2O. The summed E-state index contributed by atoms with van der Waals surface area (Å²) in [6.07, 6.45) is 6.85. The fourth-order valence-corrected chi connectivity index (χ4v) is 4.70. The lowest BCUT2D eigenvalue weighted by molar-refractivity contribution is -0.127. The van der Waals surface area contributed by atoms with Crippen LogP contribution in [0, 0.1) is 11.7 Å². The fourth-order valence-electron chi connectivity index (χ4n) is 4.70. The number of carbonyl (C=O) groups excluding carboxylic acids is 1. The van der Waals surface area contributed by atoms with Crippen molar-refractivity contribution in [2.24, 2.45) is 5.92 Å². The zero-order valence-corrected chi connectivity index (χ0v) is 17.3. The van der Waals surface area contributed by atoms with Gasteiger partial charge in [0, 0.05) is 13.1 Å². The Kier molecular flexibility index (Phi) is 6.29. The minimum absolute atomic E-state index is 0.0178. The Balaban J connectivity index is 1.34. The van der Waals surface area contributed by atoms with Gasteiger partial charge in [-0.3, -0.25) is 9.69 Å². The molecule has 2 aliphatic rings. The highest BCUT2D eigenvalue weighted by Crippen LogP contribution is 2.26. The summed E-state index contributed by atoms with van der Waals surface area (Å²) in [5, 5.41) is 3.25. The van der Waals surface area contributed by atoms with Crippen LogP contribution in [0.1, 0.15) is 60.9 Å². The summed E-state index contributed by atoms with van der Waals surface area (Å²) in [6, 6.07) is 13.4. The van der Waals surface area contributed by atoms with Crippen LogP contribution in [0.2, 0.25) is 0 Å². The number of rotatable bonds is 5. The lowest BCUT2D eigenvalue weighted by atomic mass is 9.89. The van der Waals surface area contributed by atoms with Gasteiger partial charge in [0.25, 0.3) is 0 Å². The first-order valence-corrected chi connectivity index (χ1v) is 11.0. The molecule has 29 heavy (non-hydrogen) atoms. The van der Waals surface area contributed by atoms with Crippen LogP contribution >= 0.6 is 0 Å². The van der Waals surface area contributed by atoms with E-state index in [2.05, 4.69) is 35.3 Å². The Morgan fingerprint density at radius 3 is 2.66 bits per heavy atom. The number of hydrogen-bond acceptors (Lipinski definition) is 2. The number of carbonyl (C=O) groups is 1. The predicted molar refractivity (Wildman–Crippen MR) is 114 cm³/mol. The van der Waals surface area contributed by atoms with Crippen molar-refractivity contribution >= 4 is 5.91 Å². The van der Waals surface area contributed by atoms with Gasteiger partial charge in [-0.15, -0.1) is 0 Å². The number of hydrogen-bond donors (Lipinski definition) is 1. The second-order valence-electron chi connectivity index (χ2n) is 8.67. The molecule has 2 aromatic carbocycles. The maximum absolute atomic E-state index is 13.1. The lowest BCUT2D eigenvalue weighted by Crippen LogP contribution is -2.43. The smallest absolute Gasteiger partial charge is 0.224 e. The van der Waals surface area contributed by atoms with Gasteiger partial charge in [0.05, 0.1) is 12.0 Å². The van der Waals surface area contributed by atoms with E-state index >= 15 is 0 Å². The topological polar surface area (TPSA) is 32.3 Å². The van der Waals surface area contributed by atoms with Crippen molar-refractivity contribution in [1.82, 2.24) is 10.2 Å². The second kappa shape index (κ2) is 9.08. The van der Waals surface area contributed by atoms with Gasteiger partial charge < -0.3 is 5.32 Å². The highest BCUT2D eigenvalue weighted by molar-refractivity contribution is 5.79. The summed E-state index contributed by atoms with van der Waals surface area (Å²) >= 11 is 0. The van der Waals surface area contributed by atoms with Crippen LogP contribution in [-0.2, 0) is 24.2 Å². The van der Waals surface area contributed by atoms with Crippen LogP contribution in [0.4, 0.5) is 4.39 Å². The third-order valence-corrected chi connectivity index (χ3v) is 6.43. The van der Waals surface area contributed by atoms with Gasteiger partial charge in [0.2, 0.25) is 5.91 Å². The highest BCUT2D eigenvalue weighted by Gasteiger charge is 2.27. The molecular weight excluding hydrogens is 363 g/mol. The first kappa shape index (κ1) is 20.1. The number of nitrogens with one attached hydrogen (secondary N) is 1. The molecule has 4 rings (SSSR count). The molecule has 4 heteroatoms. The highest BCUT2D eigenvalue weighted by atomic mass is 19.1. The molecule has 154 valence electrons. The van der Waals surface area contributed by atoms with Gasteiger partial charge in [-0.1, -0.05) is 30.3 Å². The fraction of sp³-hybridized carbons (Fsp3) is 0.480. The van der Waals surface area contributed by atoms with Crippen molar-refractivity contribution in [2.45, 2.75) is 58.0 Å². The molecule has 3 nitrogen and oxygen atoms in total. The molecule has 0 saturated carbocycles. The lowest BCUT2D eigenvalue weighted by Gasteiger charge is -2.32. The van der Waals surface area contributed by atoms with E-state index in [4.69, 9.17) is 0 Å². The van der Waals surface area contributed by atoms with E-state index < -0.39 is 0 Å². The predicted octanol–water partition coefficient (Wildman–Crippen LogP) is 4.79. The Bertz CT molecular complexity index is 848. The second-order valence-corrected chi connectivity index (χ2v) is 8.67. The van der Waals surface area contributed by atoms with Gasteiger partial charge in [0.1, 0.15) is 5.82 Å². The molecule has 1 N–H and O–H groups in total. The number of amides is 1. The molecule has 0 radical (unpaired) electrons. The zero-order valence-electron chi connectivity index (χ0n) is 17.3. The standard InChI is InChI=1S/C25H31FN2O/c1-18(21-11-10-20-5-2-3-6-22(20)15-21)27-25(29)23-7-4-14-28(17-23)16-19-8-12-24(26)13-9-19/h8-13,15,18,23H,2-7,14,16-17H2,1H3,(H,27,29). The van der Waals surface area contributed by atoms with E-state index in [9.17, 15) is 9.18 Å². The zero-order chi connectivity index (χ0) is 20.2. The summed E-state index contributed by atoms with van der Waals surface area (Å²) in [7, 11) is 0. The monoisotopic (exact) mass is 394 g/mol. The van der Waals surface area contributed by atoms with Gasteiger partial charge in [0.15, 0.2) is 0 Å². The van der Waals surface area contributed by atoms with Crippen molar-refractivity contribution < 1.29 is 9.18 Å². The van der Waals surface area contributed by atoms with E-state index in [1.165, 1.54) is 48.1 Å². The minimum atomic E-state index is -0.208. The largest absolute Gasteiger partial charge is 0.349 e. The number of benzene rings is 2. The van der Waals surface area contributed by atoms with Gasteiger partial charge >= 0.3 is 0 Å². The van der Waals surface area contributed by atoms with Crippen molar-refractivity contribution in [1.29, 1.82) is 0 Å². The van der Waals surface area contributed by atoms with Crippen LogP contribution < -0.4 is 5.32 Å². The number of aryl methyl sites for hydroxylation is 2. The molecule has 1 amide bonds. The Morgan fingerprint density at radius 1 is 1.10 bits per heavy atom. The number of piperidine rings is 1. The van der Waals surface area contributed by atoms with Crippen LogP contribution in [0.3, 0.4) is 0 Å². The van der Waals surface area contributed by atoms with Crippen LogP contribution in [0.15, 0.2) is 42.5 Å². The molecule has 1 aliphatic carbocycles. The first-order valence-electron chi connectivity index (χ1n) is 11.0. The van der Waals surface area contributed by atoms with E-state index in [-0.39, 0.29) is 23.7 Å². The van der Waals surface area contributed by atoms with E-state index in [0.717, 1.165) is 44.5 Å². The molecule has 0 spiro atoms. The first-order chi connectivity index (χ1) is 14.1. The van der Waals surface area contributed by atoms with Crippen molar-refractivity contribution in [3.63, 3.8) is 0 Å². The quantitative estimate of drug-likeness (QED) is 0.790. The molecule has 2 atom stereocenters. The molecule has 1 fully saturated rings. The number of halogens is 1. The van der Waals surface area contributed by atoms with E-state index in [1.807, 2.05) is 12.1 Å².